The zero-order valence-electron chi connectivity index (χ0n) is 35.4. The summed E-state index contributed by atoms with van der Waals surface area (Å²) in [6.07, 6.45) is 4.28. The molecule has 3 aliphatic heterocycles. The number of imidazole rings is 2. The molecule has 0 radical (unpaired) electrons. The van der Waals surface area contributed by atoms with Gasteiger partial charge >= 0.3 is 6.09 Å². The van der Waals surface area contributed by atoms with Crippen LogP contribution in [0.3, 0.4) is 0 Å². The number of amides is 3. The van der Waals surface area contributed by atoms with Gasteiger partial charge in [0.1, 0.15) is 29.2 Å². The Kier molecular flexibility index (Phi) is 10.9. The van der Waals surface area contributed by atoms with Gasteiger partial charge in [0.2, 0.25) is 11.8 Å². The van der Waals surface area contributed by atoms with Gasteiger partial charge in [0.15, 0.2) is 5.76 Å². The number of oxazole rings is 1. The zero-order chi connectivity index (χ0) is 43.0. The van der Waals surface area contributed by atoms with Crippen molar-refractivity contribution in [3.63, 3.8) is 0 Å². The molecular weight excluding hydrogens is 797 g/mol. The standard InChI is InChI=1S/C48H50N10O5/c1-55-24-26-56(27-25-55)42(31-14-7-4-8-15-31)47(60)58-23-11-18-37(58)43-50-34-21-20-32(28-36(34)52-43)39-29-49-45(63-39)33-16-9-17-35-41(33)53-44(51-35)38-19-10-22-57(38)46(59)40(54-48(61)62-2)30-12-5-3-6-13-30/h3-9,12-17,20-21,28-29,37-38,40,42H,10-11,18-19,22-27H2,1-2H3,(H,50,52)(H,51,53)(H,54,61)/t37-,38-,40+,42+/m0/s1. The van der Waals surface area contributed by atoms with Crippen molar-refractivity contribution in [1.82, 2.24) is 49.8 Å². The van der Waals surface area contributed by atoms with Gasteiger partial charge in [-0.05, 0) is 74.2 Å². The molecular formula is C48H50N10O5. The fraction of sp³-hybridized carbons (Fsp3) is 0.333. The second-order valence-corrected chi connectivity index (χ2v) is 16.7. The maximum Gasteiger partial charge on any atom is 0.407 e. The second-order valence-electron chi connectivity index (χ2n) is 16.7. The van der Waals surface area contributed by atoms with Crippen molar-refractivity contribution in [2.75, 3.05) is 53.4 Å². The number of alkyl carbamates (subject to hydrolysis) is 1. The summed E-state index contributed by atoms with van der Waals surface area (Å²) >= 11 is 0. The van der Waals surface area contributed by atoms with Gasteiger partial charge in [0, 0.05) is 44.8 Å². The minimum absolute atomic E-state index is 0.126. The van der Waals surface area contributed by atoms with Crippen molar-refractivity contribution in [2.24, 2.45) is 0 Å². The lowest BCUT2D eigenvalue weighted by Crippen LogP contribution is -2.50. The number of aromatic nitrogens is 5. The van der Waals surface area contributed by atoms with Gasteiger partial charge in [0.05, 0.1) is 47.5 Å². The molecule has 3 saturated heterocycles. The Morgan fingerprint density at radius 2 is 1.41 bits per heavy atom. The molecule has 0 saturated carbocycles. The largest absolute Gasteiger partial charge is 0.453 e. The van der Waals surface area contributed by atoms with Gasteiger partial charge in [-0.1, -0.05) is 66.7 Å². The average Bonchev–Trinajstić information content (AvgIpc) is 4.18. The number of piperazine rings is 1. The third-order valence-corrected chi connectivity index (χ3v) is 12.8. The van der Waals surface area contributed by atoms with E-state index in [0.717, 1.165) is 78.9 Å². The van der Waals surface area contributed by atoms with Crippen LogP contribution in [0.15, 0.2) is 108 Å². The van der Waals surface area contributed by atoms with Crippen molar-refractivity contribution in [2.45, 2.75) is 49.9 Å². The number of rotatable bonds is 10. The molecule has 0 aliphatic carbocycles. The topological polar surface area (TPSA) is 169 Å². The molecule has 15 nitrogen and oxygen atoms in total. The smallest absolute Gasteiger partial charge is 0.407 e. The summed E-state index contributed by atoms with van der Waals surface area (Å²) in [6.45, 7) is 4.74. The van der Waals surface area contributed by atoms with E-state index in [0.29, 0.717) is 53.6 Å². The fourth-order valence-electron chi connectivity index (χ4n) is 9.54. The van der Waals surface area contributed by atoms with Crippen LogP contribution >= 0.6 is 0 Å². The molecule has 322 valence electrons. The molecule has 10 rings (SSSR count). The fourth-order valence-corrected chi connectivity index (χ4v) is 9.54. The maximum atomic E-state index is 14.6. The molecule has 6 heterocycles. The Balaban J connectivity index is 0.887. The van der Waals surface area contributed by atoms with Crippen molar-refractivity contribution < 1.29 is 23.5 Å². The number of H-pyrrole nitrogens is 2. The highest BCUT2D eigenvalue weighted by Crippen LogP contribution is 2.39. The van der Waals surface area contributed by atoms with Gasteiger partial charge in [-0.2, -0.15) is 0 Å². The highest BCUT2D eigenvalue weighted by atomic mass is 16.5. The number of likely N-dealkylation sites (tertiary alicyclic amines) is 2. The number of methoxy groups -OCH3 is 1. The van der Waals surface area contributed by atoms with E-state index in [4.69, 9.17) is 24.1 Å². The second kappa shape index (κ2) is 17.1. The normalized spacial score (nSPS) is 19.5. The number of likely N-dealkylation sites (N-methyl/N-ethyl adjacent to an activating group) is 1. The number of carbonyl (C=O) groups excluding carboxylic acids is 3. The summed E-state index contributed by atoms with van der Waals surface area (Å²) in [5, 5.41) is 2.73. The van der Waals surface area contributed by atoms with Gasteiger partial charge in [-0.15, -0.1) is 0 Å². The number of nitrogens with zero attached hydrogens (tertiary/aromatic N) is 7. The van der Waals surface area contributed by atoms with Crippen LogP contribution in [0.1, 0.15) is 72.6 Å². The van der Waals surface area contributed by atoms with Crippen LogP contribution < -0.4 is 5.32 Å². The predicted octanol–water partition coefficient (Wildman–Crippen LogP) is 7.17. The monoisotopic (exact) mass is 846 g/mol. The number of fused-ring (bicyclic) bond motifs is 2. The van der Waals surface area contributed by atoms with E-state index >= 15 is 0 Å². The number of carbonyl (C=O) groups is 3. The SMILES string of the molecule is COC(=O)N[C@@H](C(=O)N1CCC[C@H]1c1nc2c(-c3ncc(-c4ccc5nc([C@@H]6CCCN6C(=O)[C@@H](c6ccccc6)N6CCN(C)CC6)[nH]c5c4)o3)cccc2[nH]1)c1ccccc1. The third-order valence-electron chi connectivity index (χ3n) is 12.8. The number of benzene rings is 4. The maximum absolute atomic E-state index is 14.6. The number of ether oxygens (including phenoxy) is 1. The first-order chi connectivity index (χ1) is 30.8. The van der Waals surface area contributed by atoms with Gasteiger partial charge in [0.25, 0.3) is 5.91 Å². The minimum atomic E-state index is -0.913. The van der Waals surface area contributed by atoms with Crippen molar-refractivity contribution in [1.29, 1.82) is 0 Å². The first-order valence-corrected chi connectivity index (χ1v) is 21.8. The van der Waals surface area contributed by atoms with Crippen LogP contribution in [-0.2, 0) is 14.3 Å². The van der Waals surface area contributed by atoms with Crippen LogP contribution in [0.25, 0.3) is 44.8 Å². The molecule has 0 unspecified atom stereocenters. The van der Waals surface area contributed by atoms with Crippen LogP contribution in [0.2, 0.25) is 0 Å². The zero-order valence-corrected chi connectivity index (χ0v) is 35.4. The lowest BCUT2D eigenvalue weighted by atomic mass is 10.0. The van der Waals surface area contributed by atoms with E-state index in [2.05, 4.69) is 44.3 Å². The van der Waals surface area contributed by atoms with Crippen molar-refractivity contribution >= 4 is 40.0 Å². The third kappa shape index (κ3) is 7.82. The minimum Gasteiger partial charge on any atom is -0.453 e. The Morgan fingerprint density at radius 1 is 0.746 bits per heavy atom. The lowest BCUT2D eigenvalue weighted by molar-refractivity contribution is -0.139. The molecule has 7 aromatic rings. The molecule has 3 aliphatic rings. The first-order valence-electron chi connectivity index (χ1n) is 21.8. The Labute approximate surface area is 364 Å². The molecule has 0 spiro atoms. The van der Waals surface area contributed by atoms with E-state index in [1.807, 2.05) is 89.8 Å². The number of para-hydroxylation sites is 1. The van der Waals surface area contributed by atoms with Gasteiger partial charge < -0.3 is 39.1 Å². The Bertz CT molecular complexity index is 2760. The summed E-state index contributed by atoms with van der Waals surface area (Å²) in [6, 6.07) is 29.4. The molecule has 3 amide bonds. The molecule has 0 bridgehead atoms. The molecule has 3 aromatic heterocycles. The highest BCUT2D eigenvalue weighted by molar-refractivity contribution is 5.91. The van der Waals surface area contributed by atoms with E-state index < -0.39 is 12.1 Å². The number of aromatic amines is 2. The van der Waals surface area contributed by atoms with E-state index in [1.165, 1.54) is 7.11 Å². The Morgan fingerprint density at radius 3 is 2.13 bits per heavy atom. The van der Waals surface area contributed by atoms with Gasteiger partial charge in [-0.3, -0.25) is 14.5 Å². The van der Waals surface area contributed by atoms with Crippen LogP contribution in [-0.4, -0.2) is 116 Å². The van der Waals surface area contributed by atoms with Crippen LogP contribution in [0, 0.1) is 0 Å². The number of hydrogen-bond acceptors (Lipinski definition) is 10. The van der Waals surface area contributed by atoms with Crippen LogP contribution in [0.4, 0.5) is 4.79 Å². The number of hydrogen-bond donors (Lipinski definition) is 3. The van der Waals surface area contributed by atoms with Gasteiger partial charge in [-0.25, -0.2) is 19.7 Å². The molecule has 15 heteroatoms. The molecule has 3 fully saturated rings. The molecule has 3 N–H and O–H groups in total. The lowest BCUT2D eigenvalue weighted by Gasteiger charge is -2.39. The molecule has 63 heavy (non-hydrogen) atoms. The quantitative estimate of drug-likeness (QED) is 0.128. The summed E-state index contributed by atoms with van der Waals surface area (Å²) in [7, 11) is 3.41. The van der Waals surface area contributed by atoms with E-state index in [-0.39, 0.29) is 29.9 Å². The number of nitrogens with one attached hydrogen (secondary N) is 3. The average molecular weight is 847 g/mol. The van der Waals surface area contributed by atoms with Crippen LogP contribution in [0.5, 0.6) is 0 Å². The summed E-state index contributed by atoms with van der Waals surface area (Å²) in [5.41, 5.74) is 6.38. The highest BCUT2D eigenvalue weighted by Gasteiger charge is 2.40. The van der Waals surface area contributed by atoms with E-state index in [9.17, 15) is 14.4 Å². The summed E-state index contributed by atoms with van der Waals surface area (Å²) in [5.74, 6) is 2.33. The van der Waals surface area contributed by atoms with Crippen molar-refractivity contribution in [3.05, 3.63) is 126 Å². The molecule has 4 aromatic carbocycles. The summed E-state index contributed by atoms with van der Waals surface area (Å²) in [4.78, 5) is 71.3. The molecule has 4 atom stereocenters. The Hall–Kier alpha value is -6.84. The van der Waals surface area contributed by atoms with E-state index in [1.54, 1.807) is 11.1 Å². The summed E-state index contributed by atoms with van der Waals surface area (Å²) < 4.78 is 11.3. The predicted molar refractivity (Wildman–Crippen MR) is 237 cm³/mol. The van der Waals surface area contributed by atoms with Crippen molar-refractivity contribution in [3.8, 4) is 22.8 Å². The first kappa shape index (κ1) is 40.2.